The summed E-state index contributed by atoms with van der Waals surface area (Å²) in [4.78, 5) is 36.9. The molecule has 0 aliphatic heterocycles. The second-order valence-electron chi connectivity index (χ2n) is 7.09. The predicted molar refractivity (Wildman–Crippen MR) is 131 cm³/mol. The number of fused-ring (bicyclic) bond motifs is 1. The van der Waals surface area contributed by atoms with E-state index in [1.54, 1.807) is 66.7 Å². The number of hydrogen-bond acceptors (Lipinski definition) is 5. The van der Waals surface area contributed by atoms with Crippen LogP contribution in [0.3, 0.4) is 0 Å². The molecule has 4 rings (SSSR count). The van der Waals surface area contributed by atoms with E-state index >= 15 is 0 Å². The average molecular weight is 472 g/mol. The summed E-state index contributed by atoms with van der Waals surface area (Å²) in [6.07, 6.45) is 1.32. The summed E-state index contributed by atoms with van der Waals surface area (Å²) in [5.41, 5.74) is 3.34. The normalized spacial score (nSPS) is 10.7. The fourth-order valence-electron chi connectivity index (χ4n) is 3.19. The van der Waals surface area contributed by atoms with E-state index in [0.29, 0.717) is 11.3 Å². The molecule has 34 heavy (non-hydrogen) atoms. The molecule has 8 heteroatoms. The molecule has 0 aliphatic carbocycles. The fourth-order valence-corrected chi connectivity index (χ4v) is 3.41. The Hall–Kier alpha value is -4.49. The van der Waals surface area contributed by atoms with Crippen molar-refractivity contribution in [3.05, 3.63) is 107 Å². The number of nitrogens with zero attached hydrogens (tertiary/aromatic N) is 1. The minimum atomic E-state index is -0.949. The highest BCUT2D eigenvalue weighted by molar-refractivity contribution is 6.39. The topological polar surface area (TPSA) is 96.9 Å². The van der Waals surface area contributed by atoms with E-state index in [9.17, 15) is 14.4 Å². The first-order chi connectivity index (χ1) is 16.5. The van der Waals surface area contributed by atoms with Gasteiger partial charge >= 0.3 is 17.8 Å². The molecule has 2 N–H and O–H groups in total. The standard InChI is InChI=1S/C26H18ClN3O4/c27-22-13-7-6-12-20(22)26(33)34-23-15-14-17-8-4-5-11-19(17)21(23)16-28-30-25(32)24(31)29-18-9-2-1-3-10-18/h1-16H,(H,29,31)(H,30,32). The van der Waals surface area contributed by atoms with E-state index in [-0.39, 0.29) is 16.3 Å². The summed E-state index contributed by atoms with van der Waals surface area (Å²) in [5.74, 6) is -2.24. The van der Waals surface area contributed by atoms with Crippen LogP contribution >= 0.6 is 11.6 Å². The molecular formula is C26H18ClN3O4. The largest absolute Gasteiger partial charge is 0.422 e. The molecule has 0 saturated heterocycles. The van der Waals surface area contributed by atoms with E-state index in [4.69, 9.17) is 16.3 Å². The van der Waals surface area contributed by atoms with Crippen LogP contribution in [0.4, 0.5) is 5.69 Å². The number of amides is 2. The first-order valence-corrected chi connectivity index (χ1v) is 10.6. The van der Waals surface area contributed by atoms with Gasteiger partial charge in [-0.15, -0.1) is 0 Å². The molecule has 4 aromatic rings. The number of para-hydroxylation sites is 1. The number of carbonyl (C=O) groups is 3. The number of ether oxygens (including phenoxy) is 1. The molecule has 0 bridgehead atoms. The number of rotatable bonds is 5. The van der Waals surface area contributed by atoms with Crippen molar-refractivity contribution in [1.82, 2.24) is 5.43 Å². The Morgan fingerprint density at radius 1 is 0.794 bits per heavy atom. The number of halogens is 1. The van der Waals surface area contributed by atoms with Crippen molar-refractivity contribution in [2.75, 3.05) is 5.32 Å². The van der Waals surface area contributed by atoms with Gasteiger partial charge in [0, 0.05) is 11.3 Å². The first-order valence-electron chi connectivity index (χ1n) is 10.2. The zero-order valence-electron chi connectivity index (χ0n) is 17.7. The molecule has 0 spiro atoms. The number of hydrogen-bond donors (Lipinski definition) is 2. The van der Waals surface area contributed by atoms with Crippen LogP contribution in [0, 0.1) is 0 Å². The highest BCUT2D eigenvalue weighted by Gasteiger charge is 2.16. The molecule has 0 unspecified atom stereocenters. The average Bonchev–Trinajstić information content (AvgIpc) is 2.85. The van der Waals surface area contributed by atoms with Crippen molar-refractivity contribution in [3.8, 4) is 5.75 Å². The molecule has 0 saturated carbocycles. The first kappa shape index (κ1) is 22.7. The SMILES string of the molecule is O=C(NN=Cc1c(OC(=O)c2ccccc2Cl)ccc2ccccc12)C(=O)Nc1ccccc1. The second-order valence-corrected chi connectivity index (χ2v) is 7.49. The van der Waals surface area contributed by atoms with E-state index in [1.165, 1.54) is 6.21 Å². The van der Waals surface area contributed by atoms with Crippen LogP contribution in [0.1, 0.15) is 15.9 Å². The Balaban J connectivity index is 1.56. The van der Waals surface area contributed by atoms with Gasteiger partial charge in [-0.25, -0.2) is 10.2 Å². The predicted octanol–water partition coefficient (Wildman–Crippen LogP) is 4.80. The Morgan fingerprint density at radius 2 is 1.50 bits per heavy atom. The zero-order valence-corrected chi connectivity index (χ0v) is 18.5. The summed E-state index contributed by atoms with van der Waals surface area (Å²) in [6.45, 7) is 0. The van der Waals surface area contributed by atoms with Crippen LogP contribution in [0.15, 0.2) is 96.1 Å². The highest BCUT2D eigenvalue weighted by Crippen LogP contribution is 2.28. The van der Waals surface area contributed by atoms with Gasteiger partial charge in [-0.3, -0.25) is 9.59 Å². The van der Waals surface area contributed by atoms with Gasteiger partial charge in [-0.1, -0.05) is 72.3 Å². The Morgan fingerprint density at radius 3 is 2.29 bits per heavy atom. The molecule has 0 aliphatic rings. The van der Waals surface area contributed by atoms with E-state index in [0.717, 1.165) is 10.8 Å². The molecule has 0 radical (unpaired) electrons. The molecule has 0 heterocycles. The van der Waals surface area contributed by atoms with Crippen LogP contribution < -0.4 is 15.5 Å². The lowest BCUT2D eigenvalue weighted by Crippen LogP contribution is -2.32. The van der Waals surface area contributed by atoms with Crippen LogP contribution in [0.5, 0.6) is 5.75 Å². The van der Waals surface area contributed by atoms with Crippen molar-refractivity contribution in [2.45, 2.75) is 0 Å². The lowest BCUT2D eigenvalue weighted by molar-refractivity contribution is -0.136. The number of nitrogens with one attached hydrogen (secondary N) is 2. The van der Waals surface area contributed by atoms with Gasteiger partial charge in [0.15, 0.2) is 0 Å². The molecule has 0 atom stereocenters. The number of anilines is 1. The molecular weight excluding hydrogens is 454 g/mol. The van der Waals surface area contributed by atoms with Crippen molar-refractivity contribution < 1.29 is 19.1 Å². The highest BCUT2D eigenvalue weighted by atomic mass is 35.5. The summed E-state index contributed by atoms with van der Waals surface area (Å²) < 4.78 is 5.60. The van der Waals surface area contributed by atoms with Gasteiger partial charge in [0.05, 0.1) is 16.8 Å². The van der Waals surface area contributed by atoms with Gasteiger partial charge in [0.25, 0.3) is 0 Å². The van der Waals surface area contributed by atoms with Gasteiger partial charge in [0.2, 0.25) is 0 Å². The van der Waals surface area contributed by atoms with Crippen LogP contribution in [-0.4, -0.2) is 24.0 Å². The van der Waals surface area contributed by atoms with Crippen LogP contribution in [0.25, 0.3) is 10.8 Å². The minimum absolute atomic E-state index is 0.214. The Kier molecular flexibility index (Phi) is 6.95. The molecule has 168 valence electrons. The molecule has 2 amide bonds. The summed E-state index contributed by atoms with van der Waals surface area (Å²) >= 11 is 6.11. The quantitative estimate of drug-likeness (QED) is 0.144. The third kappa shape index (κ3) is 5.28. The van der Waals surface area contributed by atoms with Gasteiger partial charge in [-0.2, -0.15) is 5.10 Å². The number of carbonyl (C=O) groups excluding carboxylic acids is 3. The number of benzene rings is 4. The van der Waals surface area contributed by atoms with E-state index in [1.807, 2.05) is 24.3 Å². The van der Waals surface area contributed by atoms with Gasteiger partial charge in [-0.05, 0) is 41.1 Å². The van der Waals surface area contributed by atoms with Crippen molar-refractivity contribution in [1.29, 1.82) is 0 Å². The maximum atomic E-state index is 12.7. The minimum Gasteiger partial charge on any atom is -0.422 e. The monoisotopic (exact) mass is 471 g/mol. The van der Waals surface area contributed by atoms with E-state index in [2.05, 4.69) is 15.8 Å². The third-order valence-corrected chi connectivity index (χ3v) is 5.15. The van der Waals surface area contributed by atoms with Crippen molar-refractivity contribution >= 4 is 52.1 Å². The lowest BCUT2D eigenvalue weighted by atomic mass is 10.0. The summed E-state index contributed by atoms with van der Waals surface area (Å²) in [5, 5.41) is 8.25. The smallest absolute Gasteiger partial charge is 0.345 e. The Bertz CT molecular complexity index is 1400. The third-order valence-electron chi connectivity index (χ3n) is 4.82. The fraction of sp³-hybridized carbons (Fsp3) is 0. The maximum Gasteiger partial charge on any atom is 0.345 e. The number of esters is 1. The number of hydrazone groups is 1. The molecule has 0 aromatic heterocycles. The molecule has 0 fully saturated rings. The summed E-state index contributed by atoms with van der Waals surface area (Å²) in [6, 6.07) is 26.0. The second kappa shape index (κ2) is 10.4. The Labute approximate surface area is 200 Å². The van der Waals surface area contributed by atoms with Gasteiger partial charge in [0.1, 0.15) is 5.75 Å². The van der Waals surface area contributed by atoms with Crippen molar-refractivity contribution in [3.63, 3.8) is 0 Å². The van der Waals surface area contributed by atoms with Gasteiger partial charge < -0.3 is 10.1 Å². The summed E-state index contributed by atoms with van der Waals surface area (Å²) in [7, 11) is 0. The zero-order chi connectivity index (χ0) is 23.9. The molecule has 4 aromatic carbocycles. The van der Waals surface area contributed by atoms with Crippen LogP contribution in [-0.2, 0) is 9.59 Å². The van der Waals surface area contributed by atoms with E-state index < -0.39 is 17.8 Å². The van der Waals surface area contributed by atoms with Crippen LogP contribution in [0.2, 0.25) is 5.02 Å². The van der Waals surface area contributed by atoms with Crippen molar-refractivity contribution in [2.24, 2.45) is 5.10 Å². The molecule has 7 nitrogen and oxygen atoms in total. The lowest BCUT2D eigenvalue weighted by Gasteiger charge is -2.11. The maximum absolute atomic E-state index is 12.7.